The molecule has 0 heterocycles. The summed E-state index contributed by atoms with van der Waals surface area (Å²) in [6, 6.07) is 8.07. The summed E-state index contributed by atoms with van der Waals surface area (Å²) in [6.07, 6.45) is 4.02. The van der Waals surface area contributed by atoms with Gasteiger partial charge in [-0.25, -0.2) is 0 Å². The Bertz CT molecular complexity index is 380. The maximum absolute atomic E-state index is 5.41. The summed E-state index contributed by atoms with van der Waals surface area (Å²) < 4.78 is 6.09. The van der Waals surface area contributed by atoms with Gasteiger partial charge in [-0.05, 0) is 30.5 Å². The Hall–Kier alpha value is -0.880. The number of methoxy groups -OCH3 is 1. The van der Waals surface area contributed by atoms with Crippen LogP contribution in [0.1, 0.15) is 18.4 Å². The Morgan fingerprint density at radius 3 is 2.68 bits per heavy atom. The van der Waals surface area contributed by atoms with Gasteiger partial charge in [0.25, 0.3) is 0 Å². The van der Waals surface area contributed by atoms with Gasteiger partial charge >= 0.3 is 0 Å². The van der Waals surface area contributed by atoms with Crippen LogP contribution in [-0.2, 0) is 9.57 Å². The summed E-state index contributed by atoms with van der Waals surface area (Å²) in [4.78, 5) is 5.30. The number of rotatable bonds is 9. The fraction of sp³-hybridized carbons (Fsp3) is 0.429. The molecule has 0 aliphatic rings. The number of hydroxylamine groups is 1. The van der Waals surface area contributed by atoms with Gasteiger partial charge in [-0.3, -0.25) is 10.3 Å². The Kier molecular flexibility index (Phi) is 8.49. The van der Waals surface area contributed by atoms with E-state index in [9.17, 15) is 0 Å². The van der Waals surface area contributed by atoms with E-state index in [2.05, 4.69) is 27.5 Å². The SMILES string of the molecule is COCCCC=C(NOCCN)c1ccc(Br)cc1. The average Bonchev–Trinajstić information content (AvgIpc) is 2.43. The molecule has 0 spiro atoms. The van der Waals surface area contributed by atoms with Gasteiger partial charge in [-0.2, -0.15) is 0 Å². The van der Waals surface area contributed by atoms with Crippen molar-refractivity contribution in [1.82, 2.24) is 5.48 Å². The van der Waals surface area contributed by atoms with E-state index in [1.54, 1.807) is 7.11 Å². The second-order valence-corrected chi connectivity index (χ2v) is 4.91. The van der Waals surface area contributed by atoms with Crippen LogP contribution < -0.4 is 11.2 Å². The van der Waals surface area contributed by atoms with Crippen LogP contribution in [0.15, 0.2) is 34.8 Å². The van der Waals surface area contributed by atoms with E-state index in [1.165, 1.54) is 0 Å². The second kappa shape index (κ2) is 9.97. The lowest BCUT2D eigenvalue weighted by molar-refractivity contribution is 0.0847. The molecule has 0 radical (unpaired) electrons. The number of hydrogen-bond donors (Lipinski definition) is 2. The zero-order chi connectivity index (χ0) is 13.9. The molecular formula is C14H21BrN2O2. The maximum Gasteiger partial charge on any atom is 0.0868 e. The molecule has 4 nitrogen and oxygen atoms in total. The van der Waals surface area contributed by atoms with Gasteiger partial charge < -0.3 is 10.5 Å². The van der Waals surface area contributed by atoms with E-state index in [1.807, 2.05) is 24.3 Å². The van der Waals surface area contributed by atoms with Crippen molar-refractivity contribution < 1.29 is 9.57 Å². The molecule has 0 aromatic heterocycles. The van der Waals surface area contributed by atoms with Gasteiger partial charge in [-0.1, -0.05) is 34.1 Å². The van der Waals surface area contributed by atoms with E-state index in [0.29, 0.717) is 13.2 Å². The van der Waals surface area contributed by atoms with Crippen LogP contribution >= 0.6 is 15.9 Å². The Morgan fingerprint density at radius 1 is 1.32 bits per heavy atom. The molecule has 0 bridgehead atoms. The minimum absolute atomic E-state index is 0.478. The molecule has 1 rings (SSSR count). The lowest BCUT2D eigenvalue weighted by Crippen LogP contribution is -2.18. The van der Waals surface area contributed by atoms with Gasteiger partial charge in [0.1, 0.15) is 0 Å². The highest BCUT2D eigenvalue weighted by atomic mass is 79.9. The Labute approximate surface area is 123 Å². The minimum Gasteiger partial charge on any atom is -0.385 e. The van der Waals surface area contributed by atoms with Crippen LogP contribution in [0.5, 0.6) is 0 Å². The predicted molar refractivity (Wildman–Crippen MR) is 81.4 cm³/mol. The summed E-state index contributed by atoms with van der Waals surface area (Å²) in [5, 5.41) is 0. The molecule has 1 aromatic rings. The minimum atomic E-state index is 0.478. The average molecular weight is 329 g/mol. The molecule has 0 fully saturated rings. The summed E-state index contributed by atoms with van der Waals surface area (Å²) in [5.41, 5.74) is 10.4. The van der Waals surface area contributed by atoms with Gasteiger partial charge in [0, 0.05) is 24.7 Å². The highest BCUT2D eigenvalue weighted by Gasteiger charge is 2.01. The first-order chi connectivity index (χ1) is 9.27. The molecule has 5 heteroatoms. The van der Waals surface area contributed by atoms with Crippen molar-refractivity contribution in [2.75, 3.05) is 26.9 Å². The van der Waals surface area contributed by atoms with Crippen molar-refractivity contribution in [1.29, 1.82) is 0 Å². The Morgan fingerprint density at radius 2 is 2.05 bits per heavy atom. The number of hydrogen-bond acceptors (Lipinski definition) is 4. The number of nitrogens with one attached hydrogen (secondary N) is 1. The van der Waals surface area contributed by atoms with Crippen molar-refractivity contribution in [3.63, 3.8) is 0 Å². The van der Waals surface area contributed by atoms with Crippen LogP contribution in [-0.4, -0.2) is 26.9 Å². The quantitative estimate of drug-likeness (QED) is 0.540. The number of nitrogens with two attached hydrogens (primary N) is 1. The van der Waals surface area contributed by atoms with E-state index >= 15 is 0 Å². The summed E-state index contributed by atoms with van der Waals surface area (Å²) >= 11 is 3.43. The molecule has 19 heavy (non-hydrogen) atoms. The summed E-state index contributed by atoms with van der Waals surface area (Å²) in [5.74, 6) is 0. The number of unbranched alkanes of at least 4 members (excludes halogenated alkanes) is 1. The van der Waals surface area contributed by atoms with E-state index in [0.717, 1.165) is 35.2 Å². The number of ether oxygens (including phenoxy) is 1. The lowest BCUT2D eigenvalue weighted by atomic mass is 10.1. The van der Waals surface area contributed by atoms with Gasteiger partial charge in [0.2, 0.25) is 0 Å². The third-order valence-corrected chi connectivity index (χ3v) is 2.99. The van der Waals surface area contributed by atoms with E-state index in [4.69, 9.17) is 15.3 Å². The molecule has 0 amide bonds. The summed E-state index contributed by atoms with van der Waals surface area (Å²) in [7, 11) is 1.71. The molecule has 0 saturated heterocycles. The first-order valence-corrected chi connectivity index (χ1v) is 7.10. The normalized spacial score (nSPS) is 11.6. The number of benzene rings is 1. The molecule has 3 N–H and O–H groups in total. The van der Waals surface area contributed by atoms with Gasteiger partial charge in [0.05, 0.1) is 12.3 Å². The first kappa shape index (κ1) is 16.2. The highest BCUT2D eigenvalue weighted by Crippen LogP contribution is 2.17. The maximum atomic E-state index is 5.41. The third-order valence-electron chi connectivity index (χ3n) is 2.46. The zero-order valence-corrected chi connectivity index (χ0v) is 12.8. The van der Waals surface area contributed by atoms with Gasteiger partial charge in [0.15, 0.2) is 0 Å². The fourth-order valence-corrected chi connectivity index (χ4v) is 1.77. The van der Waals surface area contributed by atoms with Crippen LogP contribution in [0, 0.1) is 0 Å². The van der Waals surface area contributed by atoms with Gasteiger partial charge in [-0.15, -0.1) is 0 Å². The number of halogens is 1. The van der Waals surface area contributed by atoms with Crippen molar-refractivity contribution in [2.45, 2.75) is 12.8 Å². The predicted octanol–water partition coefficient (Wildman–Crippen LogP) is 2.70. The van der Waals surface area contributed by atoms with E-state index < -0.39 is 0 Å². The molecule has 106 valence electrons. The van der Waals surface area contributed by atoms with Crippen LogP contribution in [0.2, 0.25) is 0 Å². The molecule has 0 atom stereocenters. The lowest BCUT2D eigenvalue weighted by Gasteiger charge is -2.11. The van der Waals surface area contributed by atoms with Crippen LogP contribution in [0.25, 0.3) is 5.70 Å². The molecule has 0 aliphatic carbocycles. The molecule has 0 unspecified atom stereocenters. The second-order valence-electron chi connectivity index (χ2n) is 4.00. The fourth-order valence-electron chi connectivity index (χ4n) is 1.51. The topological polar surface area (TPSA) is 56.5 Å². The molecular weight excluding hydrogens is 308 g/mol. The van der Waals surface area contributed by atoms with Crippen LogP contribution in [0.3, 0.4) is 0 Å². The zero-order valence-electron chi connectivity index (χ0n) is 11.2. The first-order valence-electron chi connectivity index (χ1n) is 6.31. The van der Waals surface area contributed by atoms with Crippen LogP contribution in [0.4, 0.5) is 0 Å². The van der Waals surface area contributed by atoms with E-state index in [-0.39, 0.29) is 0 Å². The largest absolute Gasteiger partial charge is 0.385 e. The highest BCUT2D eigenvalue weighted by molar-refractivity contribution is 9.10. The summed E-state index contributed by atoms with van der Waals surface area (Å²) in [6.45, 7) is 1.73. The van der Waals surface area contributed by atoms with Crippen molar-refractivity contribution in [2.24, 2.45) is 5.73 Å². The monoisotopic (exact) mass is 328 g/mol. The van der Waals surface area contributed by atoms with Crippen molar-refractivity contribution in [3.8, 4) is 0 Å². The number of allylic oxidation sites excluding steroid dienone is 1. The van der Waals surface area contributed by atoms with Crippen molar-refractivity contribution in [3.05, 3.63) is 40.4 Å². The molecule has 0 aliphatic heterocycles. The third kappa shape index (κ3) is 6.73. The van der Waals surface area contributed by atoms with Crippen molar-refractivity contribution >= 4 is 21.6 Å². The standard InChI is InChI=1S/C14H21BrN2O2/c1-18-10-3-2-4-14(17-19-11-9-16)12-5-7-13(15)8-6-12/h4-8,17H,2-3,9-11,16H2,1H3. The molecule has 0 saturated carbocycles. The Balaban J connectivity index is 2.64. The smallest absolute Gasteiger partial charge is 0.0868 e. The molecule has 1 aromatic carbocycles.